The fourth-order valence-electron chi connectivity index (χ4n) is 3.54. The number of hydrogen-bond donors (Lipinski definition) is 3. The maximum atomic E-state index is 12.1. The molecule has 1 rings (SSSR count). The summed E-state index contributed by atoms with van der Waals surface area (Å²) < 4.78 is 0. The number of unbranched alkanes of at least 4 members (excludes halogenated alkanes) is 5. The van der Waals surface area contributed by atoms with Gasteiger partial charge in [0.05, 0.1) is 12.2 Å². The largest absolute Gasteiger partial charge is 0.481 e. The molecule has 3 N–H and O–H groups in total. The van der Waals surface area contributed by atoms with Crippen LogP contribution in [0.2, 0.25) is 0 Å². The minimum atomic E-state index is -0.767. The number of hydrogen-bond acceptors (Lipinski definition) is 4. The number of rotatable bonds is 13. The predicted molar refractivity (Wildman–Crippen MR) is 103 cm³/mol. The van der Waals surface area contributed by atoms with Crippen molar-refractivity contribution < 1.29 is 24.9 Å². The fourth-order valence-corrected chi connectivity index (χ4v) is 3.54. The summed E-state index contributed by atoms with van der Waals surface area (Å²) >= 11 is 0. The van der Waals surface area contributed by atoms with Crippen LogP contribution in [0.25, 0.3) is 0 Å². The van der Waals surface area contributed by atoms with Crippen molar-refractivity contribution in [3.8, 4) is 0 Å². The molecule has 0 unspecified atom stereocenters. The van der Waals surface area contributed by atoms with Gasteiger partial charge in [0.1, 0.15) is 5.78 Å². The standard InChI is InChI=1S/C20H34O5.Na/c1-2-3-6-9-15(21)12-13-17-16(18(22)14-19(17)23)10-7-4-5-8-11-20(24)25;/h12-13,15-17,19,21,23H,2-11,14H2,1H3,(H,24,25);/b13-12+;/t15-,16+,17+,19+;/m0./s1. The smallest absolute Gasteiger partial charge is 0.303 e. The molecular weight excluding hydrogens is 343 g/mol. The molecule has 1 aliphatic carbocycles. The molecule has 0 amide bonds. The first-order chi connectivity index (χ1) is 12.0. The second-order valence-electron chi connectivity index (χ2n) is 7.22. The quantitative estimate of drug-likeness (QED) is 0.260. The molecule has 1 aliphatic rings. The van der Waals surface area contributed by atoms with Gasteiger partial charge in [-0.1, -0.05) is 57.6 Å². The maximum absolute atomic E-state index is 12.1. The number of carboxylic acid groups (broad SMARTS) is 1. The second kappa shape index (κ2) is 14.8. The fraction of sp³-hybridized carbons (Fsp3) is 0.800. The normalized spacial score (nSPS) is 24.0. The van der Waals surface area contributed by atoms with Crippen LogP contribution >= 0.6 is 0 Å². The number of Topliss-reactive ketones (excluding diaryl/α,β-unsaturated/α-hetero) is 1. The average molecular weight is 377 g/mol. The van der Waals surface area contributed by atoms with E-state index in [1.54, 1.807) is 6.08 Å². The summed E-state index contributed by atoms with van der Waals surface area (Å²) in [6.45, 7) is 2.12. The monoisotopic (exact) mass is 377 g/mol. The molecule has 0 bridgehead atoms. The van der Waals surface area contributed by atoms with E-state index in [1.165, 1.54) is 0 Å². The van der Waals surface area contributed by atoms with Crippen LogP contribution in [0.3, 0.4) is 0 Å². The van der Waals surface area contributed by atoms with Crippen LogP contribution in [0, 0.1) is 11.8 Å². The van der Waals surface area contributed by atoms with Gasteiger partial charge in [0, 0.05) is 54.2 Å². The van der Waals surface area contributed by atoms with Crippen LogP contribution < -0.4 is 0 Å². The Hall–Kier alpha value is -0.200. The molecule has 1 fully saturated rings. The summed E-state index contributed by atoms with van der Waals surface area (Å²) in [6.07, 6.45) is 10.7. The predicted octanol–water partition coefficient (Wildman–Crippen LogP) is 3.09. The van der Waals surface area contributed by atoms with Crippen LogP contribution in [0.5, 0.6) is 0 Å². The molecule has 6 heteroatoms. The Morgan fingerprint density at radius 1 is 1.19 bits per heavy atom. The summed E-state index contributed by atoms with van der Waals surface area (Å²) in [5.41, 5.74) is 0. The van der Waals surface area contributed by atoms with Crippen molar-refractivity contribution in [1.29, 1.82) is 0 Å². The van der Waals surface area contributed by atoms with Gasteiger partial charge in [-0.15, -0.1) is 0 Å². The van der Waals surface area contributed by atoms with E-state index in [2.05, 4.69) is 6.92 Å². The van der Waals surface area contributed by atoms with Crippen molar-refractivity contribution >= 4 is 41.3 Å². The molecule has 0 spiro atoms. The molecule has 0 aromatic carbocycles. The van der Waals surface area contributed by atoms with Crippen molar-refractivity contribution in [1.82, 2.24) is 0 Å². The van der Waals surface area contributed by atoms with Crippen molar-refractivity contribution in [2.24, 2.45) is 11.8 Å². The first-order valence-corrected chi connectivity index (χ1v) is 9.74. The molecule has 0 aliphatic heterocycles. The molecule has 5 nitrogen and oxygen atoms in total. The third-order valence-corrected chi connectivity index (χ3v) is 5.05. The third kappa shape index (κ3) is 10.2. The van der Waals surface area contributed by atoms with E-state index in [-0.39, 0.29) is 60.0 Å². The second-order valence-corrected chi connectivity index (χ2v) is 7.22. The van der Waals surface area contributed by atoms with E-state index in [0.29, 0.717) is 6.42 Å². The molecular formula is C20H34NaO5. The molecule has 26 heavy (non-hydrogen) atoms. The van der Waals surface area contributed by atoms with Crippen LogP contribution in [0.4, 0.5) is 0 Å². The molecule has 0 aromatic rings. The Labute approximate surface area is 179 Å². The number of aliphatic carboxylic acids is 1. The minimum Gasteiger partial charge on any atom is -0.481 e. The van der Waals surface area contributed by atoms with E-state index >= 15 is 0 Å². The van der Waals surface area contributed by atoms with Gasteiger partial charge < -0.3 is 15.3 Å². The molecule has 1 radical (unpaired) electrons. The topological polar surface area (TPSA) is 94.8 Å². The first kappa shape index (κ1) is 25.8. The summed E-state index contributed by atoms with van der Waals surface area (Å²) in [5.74, 6) is -1.04. The van der Waals surface area contributed by atoms with Crippen LogP contribution in [0.15, 0.2) is 12.2 Å². The van der Waals surface area contributed by atoms with E-state index < -0.39 is 18.2 Å². The average Bonchev–Trinajstić information content (AvgIpc) is 2.82. The van der Waals surface area contributed by atoms with Crippen molar-refractivity contribution in [3.05, 3.63) is 12.2 Å². The number of carboxylic acids is 1. The van der Waals surface area contributed by atoms with Crippen molar-refractivity contribution in [3.63, 3.8) is 0 Å². The number of carbonyl (C=O) groups excluding carboxylic acids is 1. The molecule has 4 atom stereocenters. The Kier molecular flexibility index (Phi) is 14.7. The van der Waals surface area contributed by atoms with Crippen LogP contribution in [-0.4, -0.2) is 68.8 Å². The summed E-state index contributed by atoms with van der Waals surface area (Å²) in [6, 6.07) is 0. The van der Waals surface area contributed by atoms with Crippen LogP contribution in [-0.2, 0) is 9.59 Å². The molecule has 1 saturated carbocycles. The van der Waals surface area contributed by atoms with Gasteiger partial charge in [-0.05, 0) is 19.3 Å². The van der Waals surface area contributed by atoms with Crippen molar-refractivity contribution in [2.45, 2.75) is 89.8 Å². The Balaban J connectivity index is 0.00000625. The van der Waals surface area contributed by atoms with E-state index in [9.17, 15) is 19.8 Å². The molecule has 0 aromatic heterocycles. The third-order valence-electron chi connectivity index (χ3n) is 5.05. The van der Waals surface area contributed by atoms with Gasteiger partial charge in [-0.25, -0.2) is 0 Å². The zero-order valence-electron chi connectivity index (χ0n) is 16.4. The number of ketones is 1. The Bertz CT molecular complexity index is 438. The van der Waals surface area contributed by atoms with Gasteiger partial charge in [-0.3, -0.25) is 9.59 Å². The minimum absolute atomic E-state index is 0. The van der Waals surface area contributed by atoms with Gasteiger partial charge in [0.25, 0.3) is 0 Å². The maximum Gasteiger partial charge on any atom is 0.303 e. The van der Waals surface area contributed by atoms with E-state index in [0.717, 1.165) is 51.4 Å². The first-order valence-electron chi connectivity index (χ1n) is 9.74. The zero-order chi connectivity index (χ0) is 18.7. The molecule has 0 heterocycles. The van der Waals surface area contributed by atoms with Gasteiger partial charge in [0.15, 0.2) is 0 Å². The van der Waals surface area contributed by atoms with E-state index in [4.69, 9.17) is 5.11 Å². The summed E-state index contributed by atoms with van der Waals surface area (Å²) in [5, 5.41) is 28.7. The van der Waals surface area contributed by atoms with Gasteiger partial charge in [0.2, 0.25) is 0 Å². The molecule has 0 saturated heterocycles. The van der Waals surface area contributed by atoms with Crippen molar-refractivity contribution in [2.75, 3.05) is 0 Å². The Morgan fingerprint density at radius 3 is 2.54 bits per heavy atom. The number of carbonyl (C=O) groups is 2. The van der Waals surface area contributed by atoms with Gasteiger partial charge in [-0.2, -0.15) is 0 Å². The molecule has 145 valence electrons. The van der Waals surface area contributed by atoms with E-state index in [1.807, 2.05) is 6.08 Å². The Morgan fingerprint density at radius 2 is 1.88 bits per heavy atom. The summed E-state index contributed by atoms with van der Waals surface area (Å²) in [7, 11) is 0. The zero-order valence-corrected chi connectivity index (χ0v) is 18.4. The SMILES string of the molecule is CCCCC[C@H](O)/C=C/[C@H]1[C@H](O)CC(=O)[C@@H]1CCCCCCC(=O)O.[Na]. The van der Waals surface area contributed by atoms with Gasteiger partial charge >= 0.3 is 5.97 Å². The summed E-state index contributed by atoms with van der Waals surface area (Å²) in [4.78, 5) is 22.6. The number of aliphatic hydroxyl groups is 2. The number of aliphatic hydroxyl groups excluding tert-OH is 2. The van der Waals surface area contributed by atoms with Crippen LogP contribution in [0.1, 0.15) is 77.6 Å².